The van der Waals surface area contributed by atoms with Gasteiger partial charge in [-0.05, 0) is 37.0 Å². The molecule has 0 aliphatic carbocycles. The van der Waals surface area contributed by atoms with E-state index in [4.69, 9.17) is 0 Å². The highest BCUT2D eigenvalue weighted by Crippen LogP contribution is 2.30. The van der Waals surface area contributed by atoms with Gasteiger partial charge in [-0.3, -0.25) is 19.3 Å². The van der Waals surface area contributed by atoms with Crippen molar-refractivity contribution < 1.29 is 9.59 Å². The molecule has 7 heteroatoms. The first-order valence-electron chi connectivity index (χ1n) is 9.56. The van der Waals surface area contributed by atoms with Crippen molar-refractivity contribution in [2.24, 2.45) is 13.0 Å². The lowest BCUT2D eigenvalue weighted by molar-refractivity contribution is -0.140. The van der Waals surface area contributed by atoms with Crippen LogP contribution in [-0.4, -0.2) is 55.5 Å². The molecule has 3 fully saturated rings. The van der Waals surface area contributed by atoms with Crippen LogP contribution in [0.1, 0.15) is 30.5 Å². The summed E-state index contributed by atoms with van der Waals surface area (Å²) in [6.45, 7) is 1.69. The molecule has 27 heavy (non-hydrogen) atoms. The SMILES string of the molecule is Cn1cc(CCC(=O)N2C[C@H]3CC[C@@H](C2)N(Cc2ccccn2)C3=O)cn1. The van der Waals surface area contributed by atoms with Crippen molar-refractivity contribution >= 4 is 11.8 Å². The topological polar surface area (TPSA) is 71.3 Å². The molecule has 7 nitrogen and oxygen atoms in total. The molecule has 3 saturated heterocycles. The molecular formula is C20H25N5O2. The Morgan fingerprint density at radius 3 is 2.89 bits per heavy atom. The summed E-state index contributed by atoms with van der Waals surface area (Å²) in [6.07, 6.45) is 8.47. The first kappa shape index (κ1) is 17.7. The Balaban J connectivity index is 1.42. The standard InChI is InChI=1S/C20H25N5O2/c1-23-11-15(10-22-23)5-8-19(26)24-12-16-6-7-18(14-24)25(20(16)27)13-17-4-2-3-9-21-17/h2-4,9-11,16,18H,5-8,12-14H2,1H3/t16-,18+/m1/s1. The lowest BCUT2D eigenvalue weighted by Crippen LogP contribution is -2.47. The normalized spacial score (nSPS) is 22.2. The molecule has 5 rings (SSSR count). The zero-order valence-corrected chi connectivity index (χ0v) is 15.6. The zero-order valence-electron chi connectivity index (χ0n) is 15.6. The van der Waals surface area contributed by atoms with Crippen LogP contribution in [0.15, 0.2) is 36.8 Å². The van der Waals surface area contributed by atoms with Crippen molar-refractivity contribution in [1.29, 1.82) is 0 Å². The summed E-state index contributed by atoms with van der Waals surface area (Å²) in [7, 11) is 1.87. The van der Waals surface area contributed by atoms with Crippen LogP contribution in [0, 0.1) is 5.92 Å². The number of carbonyl (C=O) groups excluding carboxylic acids is 2. The van der Waals surface area contributed by atoms with Gasteiger partial charge in [-0.25, -0.2) is 0 Å². The second kappa shape index (κ2) is 7.50. The van der Waals surface area contributed by atoms with Crippen molar-refractivity contribution in [1.82, 2.24) is 24.6 Å². The Hall–Kier alpha value is -2.70. The number of carbonyl (C=O) groups is 2. The largest absolute Gasteiger partial charge is 0.340 e. The molecule has 0 aromatic carbocycles. The van der Waals surface area contributed by atoms with Crippen molar-refractivity contribution in [3.8, 4) is 0 Å². The molecular weight excluding hydrogens is 342 g/mol. The third-order valence-corrected chi connectivity index (χ3v) is 5.59. The quantitative estimate of drug-likeness (QED) is 0.801. The number of fused-ring (bicyclic) bond motifs is 4. The minimum Gasteiger partial charge on any atom is -0.340 e. The van der Waals surface area contributed by atoms with Gasteiger partial charge in [-0.2, -0.15) is 5.10 Å². The Bertz CT molecular complexity index is 819. The third-order valence-electron chi connectivity index (χ3n) is 5.59. The maximum Gasteiger partial charge on any atom is 0.228 e. The number of hydrogen-bond acceptors (Lipinski definition) is 4. The number of amides is 2. The molecule has 142 valence electrons. The second-order valence-corrected chi connectivity index (χ2v) is 7.54. The van der Waals surface area contributed by atoms with Gasteiger partial charge in [0.2, 0.25) is 11.8 Å². The van der Waals surface area contributed by atoms with Crippen LogP contribution in [0.4, 0.5) is 0 Å². The monoisotopic (exact) mass is 367 g/mol. The maximum atomic E-state index is 12.9. The van der Waals surface area contributed by atoms with Crippen molar-refractivity contribution in [2.45, 2.75) is 38.3 Å². The highest BCUT2D eigenvalue weighted by molar-refractivity contribution is 5.83. The molecule has 2 atom stereocenters. The molecule has 0 spiro atoms. The highest BCUT2D eigenvalue weighted by atomic mass is 16.2. The van der Waals surface area contributed by atoms with Gasteiger partial charge in [-0.15, -0.1) is 0 Å². The van der Waals surface area contributed by atoms with Crippen molar-refractivity contribution in [3.05, 3.63) is 48.0 Å². The van der Waals surface area contributed by atoms with E-state index in [1.165, 1.54) is 0 Å². The predicted molar refractivity (Wildman–Crippen MR) is 99.4 cm³/mol. The molecule has 2 amide bonds. The summed E-state index contributed by atoms with van der Waals surface area (Å²) in [5.41, 5.74) is 1.96. The molecule has 2 bridgehead atoms. The van der Waals surface area contributed by atoms with Gasteiger partial charge in [0.25, 0.3) is 0 Å². The van der Waals surface area contributed by atoms with Crippen LogP contribution in [-0.2, 0) is 29.6 Å². The predicted octanol–water partition coefficient (Wildman–Crippen LogP) is 1.40. The van der Waals surface area contributed by atoms with E-state index in [9.17, 15) is 9.59 Å². The number of aryl methyl sites for hydroxylation is 2. The van der Waals surface area contributed by atoms with Gasteiger partial charge in [-0.1, -0.05) is 6.07 Å². The summed E-state index contributed by atoms with van der Waals surface area (Å²) >= 11 is 0. The number of piperidine rings is 1. The summed E-state index contributed by atoms with van der Waals surface area (Å²) in [4.78, 5) is 33.9. The Morgan fingerprint density at radius 2 is 2.15 bits per heavy atom. The molecule has 5 heterocycles. The van der Waals surface area contributed by atoms with Crippen LogP contribution < -0.4 is 0 Å². The van der Waals surface area contributed by atoms with E-state index in [-0.39, 0.29) is 23.8 Å². The molecule has 2 aromatic heterocycles. The summed E-state index contributed by atoms with van der Waals surface area (Å²) < 4.78 is 1.75. The van der Waals surface area contributed by atoms with Gasteiger partial charge < -0.3 is 9.80 Å². The molecule has 3 aliphatic heterocycles. The number of nitrogens with zero attached hydrogens (tertiary/aromatic N) is 5. The van der Waals surface area contributed by atoms with Crippen molar-refractivity contribution in [2.75, 3.05) is 13.1 Å². The van der Waals surface area contributed by atoms with Crippen LogP contribution in [0.2, 0.25) is 0 Å². The minimum absolute atomic E-state index is 0.0839. The van der Waals surface area contributed by atoms with Crippen LogP contribution in [0.25, 0.3) is 0 Å². The van der Waals surface area contributed by atoms with Gasteiger partial charge >= 0.3 is 0 Å². The highest BCUT2D eigenvalue weighted by Gasteiger charge is 2.41. The fourth-order valence-electron chi connectivity index (χ4n) is 4.13. The molecule has 0 radical (unpaired) electrons. The number of pyridine rings is 1. The van der Waals surface area contributed by atoms with Gasteiger partial charge in [0, 0.05) is 45.0 Å². The smallest absolute Gasteiger partial charge is 0.228 e. The Morgan fingerprint density at radius 1 is 1.26 bits per heavy atom. The lowest BCUT2D eigenvalue weighted by atomic mass is 9.94. The van der Waals surface area contributed by atoms with E-state index >= 15 is 0 Å². The number of rotatable bonds is 5. The summed E-state index contributed by atoms with van der Waals surface area (Å²) in [6, 6.07) is 5.85. The van der Waals surface area contributed by atoms with Gasteiger partial charge in [0.1, 0.15) is 0 Å². The average molecular weight is 367 g/mol. The van der Waals surface area contributed by atoms with E-state index in [1.54, 1.807) is 17.1 Å². The maximum absolute atomic E-state index is 12.9. The molecule has 0 N–H and O–H groups in total. The van der Waals surface area contributed by atoms with Crippen LogP contribution >= 0.6 is 0 Å². The first-order valence-corrected chi connectivity index (χ1v) is 9.56. The van der Waals surface area contributed by atoms with E-state index in [0.717, 1.165) is 24.1 Å². The van der Waals surface area contributed by atoms with Gasteiger partial charge in [0.15, 0.2) is 0 Å². The van der Waals surface area contributed by atoms with E-state index in [0.29, 0.717) is 32.5 Å². The first-order chi connectivity index (χ1) is 13.1. The zero-order chi connectivity index (χ0) is 18.8. The molecule has 0 unspecified atom stereocenters. The van der Waals surface area contributed by atoms with Crippen LogP contribution in [0.3, 0.4) is 0 Å². The second-order valence-electron chi connectivity index (χ2n) is 7.54. The van der Waals surface area contributed by atoms with E-state index < -0.39 is 0 Å². The fraction of sp³-hybridized carbons (Fsp3) is 0.500. The van der Waals surface area contributed by atoms with E-state index in [2.05, 4.69) is 10.1 Å². The van der Waals surface area contributed by atoms with Crippen LogP contribution in [0.5, 0.6) is 0 Å². The summed E-state index contributed by atoms with van der Waals surface area (Å²) in [5.74, 6) is 0.206. The average Bonchev–Trinajstić information content (AvgIpc) is 2.91. The lowest BCUT2D eigenvalue weighted by Gasteiger charge is -2.35. The Labute approximate surface area is 159 Å². The summed E-state index contributed by atoms with van der Waals surface area (Å²) in [5, 5.41) is 4.15. The minimum atomic E-state index is -0.0881. The van der Waals surface area contributed by atoms with E-state index in [1.807, 2.05) is 41.2 Å². The van der Waals surface area contributed by atoms with Crippen molar-refractivity contribution in [3.63, 3.8) is 0 Å². The third kappa shape index (κ3) is 3.86. The fourth-order valence-corrected chi connectivity index (χ4v) is 4.13. The van der Waals surface area contributed by atoms with Gasteiger partial charge in [0.05, 0.1) is 24.4 Å². The molecule has 3 aliphatic rings. The molecule has 0 saturated carbocycles. The molecule has 2 aromatic rings. The number of hydrogen-bond donors (Lipinski definition) is 0. The Kier molecular flexibility index (Phi) is 4.92. The number of aromatic nitrogens is 3.